The number of carbonyl (C=O) groups excluding carboxylic acids is 2. The molecule has 3 N–H and O–H groups in total. The van der Waals surface area contributed by atoms with Gasteiger partial charge in [0.15, 0.2) is 5.16 Å². The van der Waals surface area contributed by atoms with Crippen LogP contribution in [0.15, 0.2) is 70.4 Å². The van der Waals surface area contributed by atoms with Crippen LogP contribution in [0.2, 0.25) is 0 Å². The molecule has 2 aromatic carbocycles. The van der Waals surface area contributed by atoms with Crippen molar-refractivity contribution in [3.05, 3.63) is 72.4 Å². The van der Waals surface area contributed by atoms with Gasteiger partial charge in [0.05, 0.1) is 18.1 Å². The van der Waals surface area contributed by atoms with Gasteiger partial charge in [-0.1, -0.05) is 48.2 Å². The average molecular weight is 450 g/mol. The van der Waals surface area contributed by atoms with Gasteiger partial charge >= 0.3 is 0 Å². The third-order valence-electron chi connectivity index (χ3n) is 4.98. The number of nitrogens with one attached hydrogen (secondary N) is 1. The number of anilines is 1. The zero-order valence-corrected chi connectivity index (χ0v) is 18.3. The average Bonchev–Trinajstić information content (AvgIpc) is 3.43. The zero-order valence-electron chi connectivity index (χ0n) is 17.5. The summed E-state index contributed by atoms with van der Waals surface area (Å²) in [5, 5.41) is 13.7. The Balaban J connectivity index is 1.52. The van der Waals surface area contributed by atoms with Crippen molar-refractivity contribution in [2.75, 3.05) is 5.32 Å². The van der Waals surface area contributed by atoms with E-state index >= 15 is 0 Å². The van der Waals surface area contributed by atoms with Crippen LogP contribution in [0.5, 0.6) is 0 Å². The van der Waals surface area contributed by atoms with E-state index < -0.39 is 11.2 Å². The fraction of sp³-hybridized carbons (Fsp3) is 0.217. The van der Waals surface area contributed by atoms with Gasteiger partial charge in [-0.2, -0.15) is 0 Å². The molecular weight excluding hydrogens is 426 g/mol. The summed E-state index contributed by atoms with van der Waals surface area (Å²) in [6, 6.07) is 17.4. The highest BCUT2D eigenvalue weighted by molar-refractivity contribution is 8.00. The summed E-state index contributed by atoms with van der Waals surface area (Å²) < 4.78 is 7.31. The van der Waals surface area contributed by atoms with Gasteiger partial charge in [-0.15, -0.1) is 10.2 Å². The van der Waals surface area contributed by atoms with Crippen LogP contribution >= 0.6 is 11.8 Å². The number of thioether (sulfide) groups is 1. The molecule has 4 rings (SSSR count). The van der Waals surface area contributed by atoms with Gasteiger partial charge in [0, 0.05) is 23.9 Å². The Hall–Kier alpha value is -3.59. The van der Waals surface area contributed by atoms with Crippen LogP contribution in [0.1, 0.15) is 24.9 Å². The molecule has 0 radical (unpaired) electrons. The summed E-state index contributed by atoms with van der Waals surface area (Å²) >= 11 is 1.30. The summed E-state index contributed by atoms with van der Waals surface area (Å²) in [7, 11) is 0. The van der Waals surface area contributed by atoms with Crippen LogP contribution in [-0.2, 0) is 22.6 Å². The van der Waals surface area contributed by atoms with E-state index in [0.717, 1.165) is 22.2 Å². The molecule has 0 aliphatic carbocycles. The van der Waals surface area contributed by atoms with Crippen LogP contribution < -0.4 is 11.1 Å². The highest BCUT2D eigenvalue weighted by Crippen LogP contribution is 2.27. The molecule has 9 heteroatoms. The number of benzene rings is 2. The van der Waals surface area contributed by atoms with Crippen molar-refractivity contribution in [3.63, 3.8) is 0 Å². The maximum atomic E-state index is 12.9. The number of nitrogens with two attached hydrogens (primary N) is 1. The first-order chi connectivity index (χ1) is 15.5. The number of primary amides is 1. The molecule has 0 aliphatic heterocycles. The summed E-state index contributed by atoms with van der Waals surface area (Å²) in [4.78, 5) is 24.2. The van der Waals surface area contributed by atoms with Gasteiger partial charge in [-0.25, -0.2) is 0 Å². The van der Waals surface area contributed by atoms with Crippen molar-refractivity contribution >= 4 is 40.0 Å². The third-order valence-corrected chi connectivity index (χ3v) is 6.06. The quantitative estimate of drug-likeness (QED) is 0.377. The summed E-state index contributed by atoms with van der Waals surface area (Å²) in [6.45, 7) is 2.22. The Labute approximate surface area is 189 Å². The lowest BCUT2D eigenvalue weighted by Gasteiger charge is -2.14. The number of aromatic nitrogens is 3. The van der Waals surface area contributed by atoms with E-state index in [9.17, 15) is 9.59 Å². The SMILES string of the molecule is CC(Sc1nnc(CCC(N)=O)n1Cc1ccco1)C(=O)Nc1cccc2ccccc12. The minimum atomic E-state index is -0.433. The highest BCUT2D eigenvalue weighted by atomic mass is 32.2. The lowest BCUT2D eigenvalue weighted by Crippen LogP contribution is -2.23. The lowest BCUT2D eigenvalue weighted by atomic mass is 10.1. The number of furan rings is 1. The molecule has 164 valence electrons. The van der Waals surface area contributed by atoms with E-state index in [1.807, 2.05) is 60.0 Å². The standard InChI is InChI=1S/C23H23N5O3S/c1-15(22(30)25-19-10-4-7-16-6-2-3-9-18(16)19)32-23-27-26-21(12-11-20(24)29)28(23)14-17-8-5-13-31-17/h2-10,13,15H,11-12,14H2,1H3,(H2,24,29)(H,25,30). The summed E-state index contributed by atoms with van der Waals surface area (Å²) in [5.74, 6) is 0.788. The summed E-state index contributed by atoms with van der Waals surface area (Å²) in [5.41, 5.74) is 6.06. The molecule has 0 spiro atoms. The van der Waals surface area contributed by atoms with Gasteiger partial charge in [-0.05, 0) is 30.5 Å². The molecule has 1 atom stereocenters. The van der Waals surface area contributed by atoms with Gasteiger partial charge in [0.2, 0.25) is 11.8 Å². The minimum absolute atomic E-state index is 0.141. The number of carbonyl (C=O) groups is 2. The largest absolute Gasteiger partial charge is 0.467 e. The van der Waals surface area contributed by atoms with E-state index in [1.54, 1.807) is 12.3 Å². The predicted octanol–water partition coefficient (Wildman–Crippen LogP) is 3.61. The molecule has 2 amide bonds. The Morgan fingerprint density at radius 3 is 2.72 bits per heavy atom. The predicted molar refractivity (Wildman–Crippen MR) is 123 cm³/mol. The number of fused-ring (bicyclic) bond motifs is 1. The van der Waals surface area contributed by atoms with E-state index in [4.69, 9.17) is 10.2 Å². The van der Waals surface area contributed by atoms with Gasteiger partial charge in [-0.3, -0.25) is 14.2 Å². The number of amides is 2. The molecule has 0 saturated carbocycles. The Kier molecular flexibility index (Phi) is 6.55. The molecular formula is C23H23N5O3S. The first kappa shape index (κ1) is 21.6. The number of nitrogens with zero attached hydrogens (tertiary/aromatic N) is 3. The number of rotatable bonds is 9. The van der Waals surface area contributed by atoms with Crippen LogP contribution in [0.25, 0.3) is 10.8 Å². The van der Waals surface area contributed by atoms with Crippen molar-refractivity contribution in [3.8, 4) is 0 Å². The smallest absolute Gasteiger partial charge is 0.237 e. The number of hydrogen-bond acceptors (Lipinski definition) is 6. The molecule has 4 aromatic rings. The monoisotopic (exact) mass is 449 g/mol. The molecule has 0 bridgehead atoms. The first-order valence-electron chi connectivity index (χ1n) is 10.2. The van der Waals surface area contributed by atoms with Crippen molar-refractivity contribution < 1.29 is 14.0 Å². The van der Waals surface area contributed by atoms with Crippen LogP contribution in [0.3, 0.4) is 0 Å². The van der Waals surface area contributed by atoms with Crippen molar-refractivity contribution in [2.24, 2.45) is 5.73 Å². The van der Waals surface area contributed by atoms with Gasteiger partial charge in [0.1, 0.15) is 11.6 Å². The molecule has 2 aromatic heterocycles. The van der Waals surface area contributed by atoms with Crippen LogP contribution in [0, 0.1) is 0 Å². The molecule has 0 aliphatic rings. The fourth-order valence-corrected chi connectivity index (χ4v) is 4.19. The van der Waals surface area contributed by atoms with E-state index in [0.29, 0.717) is 23.9 Å². The number of hydrogen-bond donors (Lipinski definition) is 2. The van der Waals surface area contributed by atoms with Crippen molar-refractivity contribution in [2.45, 2.75) is 36.7 Å². The Morgan fingerprint density at radius 1 is 1.12 bits per heavy atom. The van der Waals surface area contributed by atoms with Crippen molar-refractivity contribution in [1.82, 2.24) is 14.8 Å². The molecule has 2 heterocycles. The molecule has 0 fully saturated rings. The molecule has 8 nitrogen and oxygen atoms in total. The van der Waals surface area contributed by atoms with E-state index in [2.05, 4.69) is 15.5 Å². The first-order valence-corrected chi connectivity index (χ1v) is 11.1. The van der Waals surface area contributed by atoms with Crippen LogP contribution in [-0.4, -0.2) is 31.8 Å². The van der Waals surface area contributed by atoms with E-state index in [1.165, 1.54) is 11.8 Å². The summed E-state index contributed by atoms with van der Waals surface area (Å²) in [6.07, 6.45) is 2.12. The topological polar surface area (TPSA) is 116 Å². The second-order valence-electron chi connectivity index (χ2n) is 7.31. The normalized spacial score (nSPS) is 12.0. The highest BCUT2D eigenvalue weighted by Gasteiger charge is 2.21. The molecule has 1 unspecified atom stereocenters. The minimum Gasteiger partial charge on any atom is -0.467 e. The maximum Gasteiger partial charge on any atom is 0.237 e. The van der Waals surface area contributed by atoms with Gasteiger partial charge in [0.25, 0.3) is 0 Å². The van der Waals surface area contributed by atoms with E-state index in [-0.39, 0.29) is 12.3 Å². The second-order valence-corrected chi connectivity index (χ2v) is 8.61. The van der Waals surface area contributed by atoms with Crippen LogP contribution in [0.4, 0.5) is 5.69 Å². The second kappa shape index (κ2) is 9.69. The van der Waals surface area contributed by atoms with Crippen molar-refractivity contribution in [1.29, 1.82) is 0 Å². The number of aryl methyl sites for hydroxylation is 1. The third kappa shape index (κ3) is 5.00. The Morgan fingerprint density at radius 2 is 1.94 bits per heavy atom. The molecule has 0 saturated heterocycles. The maximum absolute atomic E-state index is 12.9. The van der Waals surface area contributed by atoms with Gasteiger partial charge < -0.3 is 15.5 Å². The lowest BCUT2D eigenvalue weighted by molar-refractivity contribution is -0.118. The fourth-order valence-electron chi connectivity index (χ4n) is 3.32. The molecule has 32 heavy (non-hydrogen) atoms. The Bertz CT molecular complexity index is 1230. The zero-order chi connectivity index (χ0) is 22.5.